The zero-order chi connectivity index (χ0) is 24.0. The summed E-state index contributed by atoms with van der Waals surface area (Å²) in [5, 5.41) is 16.7. The van der Waals surface area contributed by atoms with E-state index < -0.39 is 18.1 Å². The van der Waals surface area contributed by atoms with E-state index in [-0.39, 0.29) is 59.1 Å². The molecule has 0 saturated heterocycles. The monoisotopic (exact) mass is 496 g/mol. The Kier molecular flexibility index (Phi) is 30.2. The second-order valence-corrected chi connectivity index (χ2v) is 7.60. The van der Waals surface area contributed by atoms with Gasteiger partial charge in [-0.1, -0.05) is 90.2 Å². The number of unbranched alkanes of at least 4 members (excludes halogenated alkanes) is 10. The van der Waals surface area contributed by atoms with Crippen LogP contribution in [0.3, 0.4) is 0 Å². The van der Waals surface area contributed by atoms with Crippen LogP contribution in [-0.2, 0) is 9.47 Å². The molecule has 0 fully saturated rings. The average Bonchev–Trinajstić information content (AvgIpc) is 2.77. The van der Waals surface area contributed by atoms with Crippen LogP contribution in [0.4, 0.5) is 4.79 Å². The summed E-state index contributed by atoms with van der Waals surface area (Å²) in [6, 6.07) is 6.74. The molecule has 0 aliphatic heterocycles. The summed E-state index contributed by atoms with van der Waals surface area (Å²) in [4.78, 5) is 33.0. The first kappa shape index (κ1) is 38.0. The van der Waals surface area contributed by atoms with Crippen molar-refractivity contribution in [3.63, 3.8) is 0 Å². The summed E-state index contributed by atoms with van der Waals surface area (Å²) in [6.45, 7) is 5.17. The van der Waals surface area contributed by atoms with Crippen LogP contribution in [0.25, 0.3) is 0 Å². The van der Waals surface area contributed by atoms with Crippen molar-refractivity contribution in [1.29, 1.82) is 0 Å². The molecule has 0 aliphatic rings. The molecule has 182 valence electrons. The number of esters is 2. The van der Waals surface area contributed by atoms with Crippen molar-refractivity contribution >= 4 is 18.1 Å². The zero-order valence-corrected chi connectivity index (χ0v) is 25.6. The van der Waals surface area contributed by atoms with Gasteiger partial charge in [0.1, 0.15) is 0 Å². The number of benzene rings is 1. The maximum absolute atomic E-state index is 12.4. The summed E-state index contributed by atoms with van der Waals surface area (Å²) in [6.07, 6.45) is 11.3. The van der Waals surface area contributed by atoms with Crippen molar-refractivity contribution in [2.24, 2.45) is 0 Å². The van der Waals surface area contributed by atoms with Gasteiger partial charge in [0.2, 0.25) is 0 Å². The largest absolute Gasteiger partial charge is 1.00 e. The van der Waals surface area contributed by atoms with Crippen molar-refractivity contribution in [3.8, 4) is 0 Å². The van der Waals surface area contributed by atoms with E-state index in [9.17, 15) is 9.59 Å². The van der Waals surface area contributed by atoms with Gasteiger partial charge in [-0.2, -0.15) is 0 Å². The van der Waals surface area contributed by atoms with Gasteiger partial charge in [-0.3, -0.25) is 0 Å². The second kappa shape index (κ2) is 27.0. The van der Waals surface area contributed by atoms with Gasteiger partial charge in [-0.05, 0) is 31.1 Å². The first-order valence-electron chi connectivity index (χ1n) is 11.7. The van der Waals surface area contributed by atoms with Gasteiger partial charge < -0.3 is 24.5 Å². The molecule has 0 N–H and O–H groups in total. The van der Waals surface area contributed by atoms with E-state index in [4.69, 9.17) is 24.5 Å². The first-order chi connectivity index (χ1) is 15.4. The molecule has 0 amide bonds. The molecular weight excluding hydrogens is 458 g/mol. The van der Waals surface area contributed by atoms with E-state index in [2.05, 4.69) is 13.8 Å². The third kappa shape index (κ3) is 21.9. The normalized spacial score (nSPS) is 9.47. The van der Waals surface area contributed by atoms with E-state index in [0.29, 0.717) is 24.3 Å². The average molecular weight is 497 g/mol. The number of ether oxygens (including phenoxy) is 2. The standard InChI is InChI=1S/C24H38O4.CH2O3.2Na/c1-3-5-7-9-11-15-19-27-23(25)21-17-13-14-18-22(21)24(26)28-20-16-12-10-8-6-4-2;2-1(3)4;;/h13-14,17-18H,3-12,15-16,19-20H2,1-2H3;(H2,2,3,4);;/q;;2*+1/p-2. The molecule has 0 unspecified atom stereocenters. The summed E-state index contributed by atoms with van der Waals surface area (Å²) in [5.74, 6) is -0.888. The number of hydrogen-bond donors (Lipinski definition) is 0. The summed E-state index contributed by atoms with van der Waals surface area (Å²) in [5.41, 5.74) is 0.586. The summed E-state index contributed by atoms with van der Waals surface area (Å²) < 4.78 is 10.7. The molecule has 0 saturated carbocycles. The molecule has 0 heterocycles. The molecule has 1 aromatic carbocycles. The van der Waals surface area contributed by atoms with Gasteiger partial charge in [0.15, 0.2) is 0 Å². The summed E-state index contributed by atoms with van der Waals surface area (Å²) in [7, 11) is 0. The van der Waals surface area contributed by atoms with Crippen LogP contribution in [0.5, 0.6) is 0 Å². The number of hydrogen-bond acceptors (Lipinski definition) is 7. The van der Waals surface area contributed by atoms with Crippen LogP contribution >= 0.6 is 0 Å². The molecule has 0 aromatic heterocycles. The zero-order valence-electron chi connectivity index (χ0n) is 21.6. The Bertz CT molecular complexity index is 601. The van der Waals surface area contributed by atoms with Crippen molar-refractivity contribution < 1.29 is 93.2 Å². The predicted octanol–water partition coefficient (Wildman–Crippen LogP) is -1.72. The summed E-state index contributed by atoms with van der Waals surface area (Å²) >= 11 is 0. The van der Waals surface area contributed by atoms with E-state index >= 15 is 0 Å². The number of carboxylic acid groups (broad SMARTS) is 2. The molecule has 34 heavy (non-hydrogen) atoms. The molecular formula is C25H38Na2O7. The van der Waals surface area contributed by atoms with Gasteiger partial charge in [0.25, 0.3) is 0 Å². The molecule has 1 aromatic rings. The Morgan fingerprint density at radius 2 is 0.912 bits per heavy atom. The number of rotatable bonds is 16. The van der Waals surface area contributed by atoms with Crippen LogP contribution < -0.4 is 69.3 Å². The molecule has 9 heteroatoms. The smallest absolute Gasteiger partial charge is 0.652 e. The molecule has 0 spiro atoms. The number of carbonyl (C=O) groups excluding carboxylic acids is 3. The van der Waals surface area contributed by atoms with Crippen LogP contribution in [0, 0.1) is 0 Å². The van der Waals surface area contributed by atoms with Gasteiger partial charge in [-0.25, -0.2) is 9.59 Å². The minimum absolute atomic E-state index is 0. The molecule has 0 aliphatic carbocycles. The fraction of sp³-hybridized carbons (Fsp3) is 0.640. The minimum Gasteiger partial charge on any atom is -0.652 e. The van der Waals surface area contributed by atoms with E-state index in [1.807, 2.05) is 0 Å². The molecule has 7 nitrogen and oxygen atoms in total. The first-order valence-corrected chi connectivity index (χ1v) is 11.7. The Morgan fingerprint density at radius 3 is 1.24 bits per heavy atom. The van der Waals surface area contributed by atoms with Gasteiger partial charge in [0.05, 0.1) is 24.3 Å². The fourth-order valence-electron chi connectivity index (χ4n) is 3.09. The maximum atomic E-state index is 12.4. The molecule has 0 atom stereocenters. The van der Waals surface area contributed by atoms with Gasteiger partial charge in [-0.15, -0.1) is 0 Å². The quantitative estimate of drug-likeness (QED) is 0.152. The van der Waals surface area contributed by atoms with Crippen molar-refractivity contribution in [1.82, 2.24) is 0 Å². The van der Waals surface area contributed by atoms with E-state index in [0.717, 1.165) is 25.7 Å². The minimum atomic E-state index is -2.33. The van der Waals surface area contributed by atoms with Crippen molar-refractivity contribution in [2.45, 2.75) is 90.9 Å². The number of carbonyl (C=O) groups is 3. The van der Waals surface area contributed by atoms with Gasteiger partial charge in [0, 0.05) is 0 Å². The van der Waals surface area contributed by atoms with E-state index in [1.54, 1.807) is 24.3 Å². The van der Waals surface area contributed by atoms with Gasteiger partial charge >= 0.3 is 71.1 Å². The van der Waals surface area contributed by atoms with Crippen LogP contribution in [0.2, 0.25) is 0 Å². The van der Waals surface area contributed by atoms with Crippen molar-refractivity contribution in [3.05, 3.63) is 35.4 Å². The van der Waals surface area contributed by atoms with Crippen LogP contribution in [0.1, 0.15) is 112 Å². The molecule has 1 rings (SSSR count). The SMILES string of the molecule is CCCCCCCCOC(=O)c1ccccc1C(=O)OCCCCCCCC.O=C([O-])[O-].[Na+].[Na+]. The predicted molar refractivity (Wildman–Crippen MR) is 119 cm³/mol. The third-order valence-electron chi connectivity index (χ3n) is 4.83. The topological polar surface area (TPSA) is 116 Å². The van der Waals surface area contributed by atoms with Crippen LogP contribution in [-0.4, -0.2) is 31.3 Å². The van der Waals surface area contributed by atoms with Crippen LogP contribution in [0.15, 0.2) is 24.3 Å². The van der Waals surface area contributed by atoms with Crippen molar-refractivity contribution in [2.75, 3.05) is 13.2 Å². The fourth-order valence-corrected chi connectivity index (χ4v) is 3.09. The Morgan fingerprint density at radius 1 is 0.618 bits per heavy atom. The maximum Gasteiger partial charge on any atom is 1.00 e. The van der Waals surface area contributed by atoms with E-state index in [1.165, 1.54) is 51.4 Å². The third-order valence-corrected chi connectivity index (χ3v) is 4.83. The molecule has 0 bridgehead atoms. The molecule has 0 radical (unpaired) electrons. The second-order valence-electron chi connectivity index (χ2n) is 7.60. The Balaban J connectivity index is -0.00000148. The Hall–Kier alpha value is -0.570. The Labute approximate surface area is 248 Å².